The molecule has 0 amide bonds. The van der Waals surface area contributed by atoms with E-state index in [1.807, 2.05) is 0 Å². The number of carbonyl (C=O) groups is 1. The van der Waals surface area contributed by atoms with Gasteiger partial charge in [0.2, 0.25) is 0 Å². The van der Waals surface area contributed by atoms with Gasteiger partial charge in [-0.15, -0.1) is 0 Å². The minimum Gasteiger partial charge on any atom is -0.477 e. The summed E-state index contributed by atoms with van der Waals surface area (Å²) in [6, 6.07) is 4.30. The SMILES string of the molecule is O=C(O)c1cc2cc(Br)c(Cl)cc2oc1=O. The number of hydrogen-bond acceptors (Lipinski definition) is 3. The Kier molecular flexibility index (Phi) is 2.73. The maximum Gasteiger partial charge on any atom is 0.351 e. The Morgan fingerprint density at radius 2 is 2.06 bits per heavy atom. The normalized spacial score (nSPS) is 10.6. The highest BCUT2D eigenvalue weighted by Gasteiger charge is 2.13. The third-order valence-corrected chi connectivity index (χ3v) is 3.20. The Labute approximate surface area is 103 Å². The zero-order valence-corrected chi connectivity index (χ0v) is 10.0. The lowest BCUT2D eigenvalue weighted by molar-refractivity contribution is 0.0692. The summed E-state index contributed by atoms with van der Waals surface area (Å²) in [5.41, 5.74) is -1.04. The van der Waals surface area contributed by atoms with Crippen LogP contribution in [-0.2, 0) is 0 Å². The minimum atomic E-state index is -1.32. The third-order valence-electron chi connectivity index (χ3n) is 2.01. The maximum atomic E-state index is 11.3. The van der Waals surface area contributed by atoms with Gasteiger partial charge in [0.1, 0.15) is 11.1 Å². The Balaban J connectivity index is 2.85. The molecule has 0 bridgehead atoms. The summed E-state index contributed by atoms with van der Waals surface area (Å²) < 4.78 is 5.45. The molecule has 1 N–H and O–H groups in total. The predicted octanol–water partition coefficient (Wildman–Crippen LogP) is 2.91. The van der Waals surface area contributed by atoms with Crippen LogP contribution in [-0.4, -0.2) is 11.1 Å². The molecule has 2 aromatic rings. The molecule has 4 nitrogen and oxygen atoms in total. The van der Waals surface area contributed by atoms with E-state index < -0.39 is 17.2 Å². The quantitative estimate of drug-likeness (QED) is 0.823. The summed E-state index contributed by atoms with van der Waals surface area (Å²) in [5, 5.41) is 9.63. The summed E-state index contributed by atoms with van der Waals surface area (Å²) in [6.07, 6.45) is 0. The zero-order valence-electron chi connectivity index (χ0n) is 7.66. The van der Waals surface area contributed by atoms with E-state index in [1.165, 1.54) is 12.1 Å². The van der Waals surface area contributed by atoms with Crippen LogP contribution < -0.4 is 5.63 Å². The van der Waals surface area contributed by atoms with Gasteiger partial charge in [0.25, 0.3) is 0 Å². The van der Waals surface area contributed by atoms with Gasteiger partial charge in [-0.05, 0) is 28.1 Å². The second kappa shape index (κ2) is 3.92. The molecule has 0 unspecified atom stereocenters. The van der Waals surface area contributed by atoms with Gasteiger partial charge in [-0.2, -0.15) is 0 Å². The highest BCUT2D eigenvalue weighted by molar-refractivity contribution is 9.10. The van der Waals surface area contributed by atoms with Crippen LogP contribution in [0, 0.1) is 0 Å². The van der Waals surface area contributed by atoms with Gasteiger partial charge < -0.3 is 9.52 Å². The van der Waals surface area contributed by atoms with Crippen molar-refractivity contribution in [3.8, 4) is 0 Å². The van der Waals surface area contributed by atoms with E-state index in [4.69, 9.17) is 21.1 Å². The van der Waals surface area contributed by atoms with Gasteiger partial charge in [-0.3, -0.25) is 0 Å². The van der Waals surface area contributed by atoms with Crippen molar-refractivity contribution in [3.05, 3.63) is 43.7 Å². The van der Waals surface area contributed by atoms with E-state index in [0.29, 0.717) is 14.9 Å². The second-order valence-corrected chi connectivity index (χ2v) is 4.32. The smallest absolute Gasteiger partial charge is 0.351 e. The first-order chi connectivity index (χ1) is 7.49. The number of fused-ring (bicyclic) bond motifs is 1. The standard InChI is InChI=1S/C10H4BrClO4/c11-6-2-4-1-5(9(13)14)10(15)16-8(4)3-7(6)12/h1-3H,(H,13,14). The van der Waals surface area contributed by atoms with Crippen molar-refractivity contribution >= 4 is 44.5 Å². The predicted molar refractivity (Wildman–Crippen MR) is 62.2 cm³/mol. The van der Waals surface area contributed by atoms with E-state index in [2.05, 4.69) is 15.9 Å². The van der Waals surface area contributed by atoms with Gasteiger partial charge in [0, 0.05) is 15.9 Å². The fourth-order valence-electron chi connectivity index (χ4n) is 1.26. The number of rotatable bonds is 1. The highest BCUT2D eigenvalue weighted by Crippen LogP contribution is 2.27. The first kappa shape index (κ1) is 11.2. The van der Waals surface area contributed by atoms with Gasteiger partial charge in [-0.25, -0.2) is 9.59 Å². The van der Waals surface area contributed by atoms with Crippen LogP contribution in [0.3, 0.4) is 0 Å². The summed E-state index contributed by atoms with van der Waals surface area (Å²) in [6.45, 7) is 0. The molecule has 0 radical (unpaired) electrons. The first-order valence-corrected chi connectivity index (χ1v) is 5.32. The number of halogens is 2. The minimum absolute atomic E-state index is 0.253. The molecule has 0 atom stereocenters. The maximum absolute atomic E-state index is 11.3. The van der Waals surface area contributed by atoms with Crippen LogP contribution in [0.4, 0.5) is 0 Å². The van der Waals surface area contributed by atoms with Crippen molar-refractivity contribution in [2.75, 3.05) is 0 Å². The topological polar surface area (TPSA) is 67.5 Å². The van der Waals surface area contributed by atoms with E-state index in [-0.39, 0.29) is 5.58 Å². The largest absolute Gasteiger partial charge is 0.477 e. The average molecular weight is 303 g/mol. The molecule has 0 saturated heterocycles. The first-order valence-electron chi connectivity index (χ1n) is 4.15. The van der Waals surface area contributed by atoms with Crippen LogP contribution >= 0.6 is 27.5 Å². The second-order valence-electron chi connectivity index (χ2n) is 3.06. The van der Waals surface area contributed by atoms with Crippen LogP contribution in [0.1, 0.15) is 10.4 Å². The van der Waals surface area contributed by atoms with Gasteiger partial charge in [0.15, 0.2) is 0 Å². The number of benzene rings is 1. The van der Waals surface area contributed by atoms with Crippen LogP contribution in [0.25, 0.3) is 11.0 Å². The Hall–Kier alpha value is -1.33. The number of carboxylic acids is 1. The monoisotopic (exact) mass is 302 g/mol. The Morgan fingerprint density at radius 3 is 2.69 bits per heavy atom. The van der Waals surface area contributed by atoms with Crippen LogP contribution in [0.2, 0.25) is 5.02 Å². The molecule has 0 aliphatic heterocycles. The summed E-state index contributed by atoms with van der Waals surface area (Å²) in [4.78, 5) is 22.0. The van der Waals surface area contributed by atoms with Gasteiger partial charge in [-0.1, -0.05) is 11.6 Å². The van der Waals surface area contributed by atoms with Crippen molar-refractivity contribution in [2.45, 2.75) is 0 Å². The van der Waals surface area contributed by atoms with Crippen molar-refractivity contribution in [1.82, 2.24) is 0 Å². The molecule has 16 heavy (non-hydrogen) atoms. The fourth-order valence-corrected chi connectivity index (χ4v) is 1.78. The van der Waals surface area contributed by atoms with E-state index in [1.54, 1.807) is 6.07 Å². The van der Waals surface area contributed by atoms with Crippen molar-refractivity contribution in [2.24, 2.45) is 0 Å². The van der Waals surface area contributed by atoms with Crippen molar-refractivity contribution in [3.63, 3.8) is 0 Å². The molecule has 0 fully saturated rings. The molecule has 6 heteroatoms. The average Bonchev–Trinajstić information content (AvgIpc) is 2.19. The van der Waals surface area contributed by atoms with E-state index in [0.717, 1.165) is 0 Å². The molecule has 0 aliphatic rings. The molecule has 0 aliphatic carbocycles. The zero-order chi connectivity index (χ0) is 11.9. The molecule has 1 aromatic carbocycles. The van der Waals surface area contributed by atoms with Gasteiger partial charge >= 0.3 is 11.6 Å². The molecule has 2 rings (SSSR count). The lowest BCUT2D eigenvalue weighted by atomic mass is 10.2. The molecular formula is C10H4BrClO4. The van der Waals surface area contributed by atoms with Crippen molar-refractivity contribution < 1.29 is 14.3 Å². The van der Waals surface area contributed by atoms with Crippen LogP contribution in [0.15, 0.2) is 31.9 Å². The molecule has 1 aromatic heterocycles. The summed E-state index contributed by atoms with van der Waals surface area (Å²) in [7, 11) is 0. The summed E-state index contributed by atoms with van der Waals surface area (Å²) >= 11 is 9.01. The molecule has 1 heterocycles. The van der Waals surface area contributed by atoms with E-state index in [9.17, 15) is 9.59 Å². The van der Waals surface area contributed by atoms with E-state index >= 15 is 0 Å². The molecule has 82 valence electrons. The summed E-state index contributed by atoms with van der Waals surface area (Å²) in [5.74, 6) is -1.32. The Morgan fingerprint density at radius 1 is 1.38 bits per heavy atom. The number of aromatic carboxylic acids is 1. The number of carboxylic acid groups (broad SMARTS) is 1. The highest BCUT2D eigenvalue weighted by atomic mass is 79.9. The third kappa shape index (κ3) is 1.83. The number of hydrogen-bond donors (Lipinski definition) is 1. The fraction of sp³-hybridized carbons (Fsp3) is 0. The molecule has 0 spiro atoms. The Bertz CT molecular complexity index is 647. The molecule has 0 saturated carbocycles. The lowest BCUT2D eigenvalue weighted by Crippen LogP contribution is -2.12. The lowest BCUT2D eigenvalue weighted by Gasteiger charge is -2.01. The van der Waals surface area contributed by atoms with Crippen molar-refractivity contribution in [1.29, 1.82) is 0 Å². The molecular weight excluding hydrogens is 299 g/mol. The van der Waals surface area contributed by atoms with Gasteiger partial charge in [0.05, 0.1) is 5.02 Å². The van der Waals surface area contributed by atoms with Crippen LogP contribution in [0.5, 0.6) is 0 Å².